The smallest absolute Gasteiger partial charge is 0.264 e. The zero-order valence-corrected chi connectivity index (χ0v) is 16.1. The minimum Gasteiger partial charge on any atom is -0.375 e. The molecule has 28 heavy (non-hydrogen) atoms. The van der Waals surface area contributed by atoms with Crippen LogP contribution in [0.5, 0.6) is 0 Å². The van der Waals surface area contributed by atoms with Crippen LogP contribution in [0.3, 0.4) is 0 Å². The van der Waals surface area contributed by atoms with Gasteiger partial charge in [0.15, 0.2) is 11.4 Å². The number of hydrogen-bond donors (Lipinski definition) is 1. The van der Waals surface area contributed by atoms with Gasteiger partial charge in [0.05, 0.1) is 12.1 Å². The maximum absolute atomic E-state index is 13.1. The molecule has 0 aliphatic carbocycles. The molecule has 2 amide bonds. The number of benzene rings is 2. The van der Waals surface area contributed by atoms with E-state index >= 15 is 0 Å². The predicted molar refractivity (Wildman–Crippen MR) is 106 cm³/mol. The molecule has 0 bridgehead atoms. The fourth-order valence-corrected chi connectivity index (χ4v) is 3.60. The van der Waals surface area contributed by atoms with Crippen molar-refractivity contribution in [1.29, 1.82) is 0 Å². The zero-order chi connectivity index (χ0) is 20.3. The Morgan fingerprint density at radius 3 is 2.25 bits per heavy atom. The average molecular weight is 380 g/mol. The van der Waals surface area contributed by atoms with Gasteiger partial charge >= 0.3 is 0 Å². The molecule has 6 heteroatoms. The molecule has 1 unspecified atom stereocenters. The highest BCUT2D eigenvalue weighted by Crippen LogP contribution is 2.42. The van der Waals surface area contributed by atoms with E-state index in [4.69, 9.17) is 0 Å². The molecule has 6 nitrogen and oxygen atoms in total. The van der Waals surface area contributed by atoms with E-state index in [2.05, 4.69) is 0 Å². The summed E-state index contributed by atoms with van der Waals surface area (Å²) in [5.74, 6) is -1.17. The van der Waals surface area contributed by atoms with Crippen molar-refractivity contribution in [2.24, 2.45) is 0 Å². The second-order valence-electron chi connectivity index (χ2n) is 6.80. The quantitative estimate of drug-likeness (QED) is 0.748. The summed E-state index contributed by atoms with van der Waals surface area (Å²) in [7, 11) is 0. The second kappa shape index (κ2) is 7.94. The van der Waals surface area contributed by atoms with Crippen molar-refractivity contribution in [2.75, 3.05) is 24.5 Å². The lowest BCUT2D eigenvalue weighted by atomic mass is 9.88. The van der Waals surface area contributed by atoms with Crippen LogP contribution in [0.4, 0.5) is 5.69 Å². The first-order valence-corrected chi connectivity index (χ1v) is 9.42. The summed E-state index contributed by atoms with van der Waals surface area (Å²) in [4.78, 5) is 41.3. The van der Waals surface area contributed by atoms with Crippen molar-refractivity contribution in [2.45, 2.75) is 25.9 Å². The molecule has 1 aliphatic heterocycles. The van der Waals surface area contributed by atoms with Crippen molar-refractivity contribution in [1.82, 2.24) is 4.90 Å². The summed E-state index contributed by atoms with van der Waals surface area (Å²) in [5.41, 5.74) is -0.723. The lowest BCUT2D eigenvalue weighted by Gasteiger charge is -2.25. The first-order chi connectivity index (χ1) is 13.4. The molecular formula is C22H24N2O4. The highest BCUT2D eigenvalue weighted by Gasteiger charge is 2.51. The third kappa shape index (κ3) is 3.43. The maximum atomic E-state index is 13.1. The van der Waals surface area contributed by atoms with Crippen LogP contribution in [-0.4, -0.2) is 47.2 Å². The van der Waals surface area contributed by atoms with Crippen LogP contribution in [0.15, 0.2) is 54.6 Å². The maximum Gasteiger partial charge on any atom is 0.264 e. The van der Waals surface area contributed by atoms with Crippen molar-refractivity contribution in [3.63, 3.8) is 0 Å². The molecule has 1 heterocycles. The number of fused-ring (bicyclic) bond motifs is 1. The highest BCUT2D eigenvalue weighted by molar-refractivity contribution is 6.12. The molecule has 1 atom stereocenters. The Labute approximate surface area is 164 Å². The van der Waals surface area contributed by atoms with Crippen molar-refractivity contribution >= 4 is 23.3 Å². The summed E-state index contributed by atoms with van der Waals surface area (Å²) in [6.07, 6.45) is -0.372. The van der Waals surface area contributed by atoms with Gasteiger partial charge in [0.1, 0.15) is 6.54 Å². The number of nitrogens with zero attached hydrogens (tertiary/aromatic N) is 2. The Bertz CT molecular complexity index is 892. The van der Waals surface area contributed by atoms with Gasteiger partial charge in [-0.25, -0.2) is 0 Å². The summed E-state index contributed by atoms with van der Waals surface area (Å²) in [5, 5.41) is 11.2. The predicted octanol–water partition coefficient (Wildman–Crippen LogP) is 2.36. The van der Waals surface area contributed by atoms with Gasteiger partial charge in [0.2, 0.25) is 5.91 Å². The zero-order valence-electron chi connectivity index (χ0n) is 16.1. The van der Waals surface area contributed by atoms with E-state index in [0.29, 0.717) is 29.9 Å². The topological polar surface area (TPSA) is 77.9 Å². The number of carbonyl (C=O) groups excluding carboxylic acids is 3. The molecule has 0 radical (unpaired) electrons. The number of anilines is 1. The Balaban J connectivity index is 1.92. The lowest BCUT2D eigenvalue weighted by Crippen LogP contribution is -2.46. The van der Waals surface area contributed by atoms with Gasteiger partial charge in [-0.05, 0) is 19.9 Å². The van der Waals surface area contributed by atoms with Crippen LogP contribution in [0.2, 0.25) is 0 Å². The van der Waals surface area contributed by atoms with Crippen molar-refractivity contribution in [3.05, 3.63) is 65.7 Å². The third-order valence-corrected chi connectivity index (χ3v) is 5.16. The lowest BCUT2D eigenvalue weighted by molar-refractivity contribution is -0.138. The minimum absolute atomic E-state index is 0.167. The minimum atomic E-state index is -1.98. The highest BCUT2D eigenvalue weighted by atomic mass is 16.3. The molecule has 2 aromatic rings. The molecule has 146 valence electrons. The summed E-state index contributed by atoms with van der Waals surface area (Å²) in [6, 6.07) is 15.3. The van der Waals surface area contributed by atoms with Gasteiger partial charge in [-0.1, -0.05) is 48.5 Å². The normalized spacial score (nSPS) is 18.1. The molecule has 0 saturated heterocycles. The molecule has 1 N–H and O–H groups in total. The van der Waals surface area contributed by atoms with E-state index in [-0.39, 0.29) is 24.7 Å². The molecular weight excluding hydrogens is 356 g/mol. The van der Waals surface area contributed by atoms with E-state index in [9.17, 15) is 19.5 Å². The molecule has 1 aliphatic rings. The standard InChI is InChI=1S/C22H24N2O4/c1-3-23(4-2)20(26)15-24-18-13-9-8-12-17(18)22(28,21(24)27)14-19(25)16-10-6-5-7-11-16/h5-13,28H,3-4,14-15H2,1-2H3. The Morgan fingerprint density at radius 2 is 1.61 bits per heavy atom. The SMILES string of the molecule is CCN(CC)C(=O)CN1C(=O)C(O)(CC(=O)c2ccccc2)c2ccccc21. The summed E-state index contributed by atoms with van der Waals surface area (Å²) >= 11 is 0. The van der Waals surface area contributed by atoms with Crippen LogP contribution in [0.1, 0.15) is 36.2 Å². The van der Waals surface area contributed by atoms with Crippen LogP contribution < -0.4 is 4.90 Å². The second-order valence-corrected chi connectivity index (χ2v) is 6.80. The van der Waals surface area contributed by atoms with Crippen LogP contribution in [0, 0.1) is 0 Å². The van der Waals surface area contributed by atoms with E-state index in [1.807, 2.05) is 13.8 Å². The summed E-state index contributed by atoms with van der Waals surface area (Å²) in [6.45, 7) is 4.65. The number of ketones is 1. The van der Waals surface area contributed by atoms with E-state index < -0.39 is 11.5 Å². The Morgan fingerprint density at radius 1 is 1.00 bits per heavy atom. The Hall–Kier alpha value is -2.99. The van der Waals surface area contributed by atoms with Gasteiger partial charge < -0.3 is 10.0 Å². The average Bonchev–Trinajstić information content (AvgIpc) is 2.92. The fourth-order valence-electron chi connectivity index (χ4n) is 3.60. The van der Waals surface area contributed by atoms with Crippen LogP contribution >= 0.6 is 0 Å². The molecule has 0 saturated carbocycles. The number of amides is 2. The number of para-hydroxylation sites is 1. The van der Waals surface area contributed by atoms with Gasteiger partial charge in [-0.2, -0.15) is 0 Å². The summed E-state index contributed by atoms with van der Waals surface area (Å²) < 4.78 is 0. The van der Waals surface area contributed by atoms with Gasteiger partial charge in [-0.3, -0.25) is 19.3 Å². The first-order valence-electron chi connectivity index (χ1n) is 9.42. The monoisotopic (exact) mass is 380 g/mol. The van der Waals surface area contributed by atoms with Gasteiger partial charge in [0, 0.05) is 24.2 Å². The van der Waals surface area contributed by atoms with E-state index in [0.717, 1.165) is 0 Å². The third-order valence-electron chi connectivity index (χ3n) is 5.16. The van der Waals surface area contributed by atoms with Crippen LogP contribution in [0.25, 0.3) is 0 Å². The number of hydrogen-bond acceptors (Lipinski definition) is 4. The molecule has 2 aromatic carbocycles. The largest absolute Gasteiger partial charge is 0.375 e. The molecule has 0 aromatic heterocycles. The van der Waals surface area contributed by atoms with Crippen LogP contribution in [-0.2, 0) is 15.2 Å². The van der Waals surface area contributed by atoms with Gasteiger partial charge in [-0.15, -0.1) is 0 Å². The molecule has 3 rings (SSSR count). The molecule has 0 fully saturated rings. The van der Waals surface area contributed by atoms with E-state index in [1.54, 1.807) is 59.5 Å². The van der Waals surface area contributed by atoms with Crippen molar-refractivity contribution in [3.8, 4) is 0 Å². The van der Waals surface area contributed by atoms with Crippen molar-refractivity contribution < 1.29 is 19.5 Å². The fraction of sp³-hybridized carbons (Fsp3) is 0.318. The number of aliphatic hydroxyl groups is 1. The Kier molecular flexibility index (Phi) is 5.61. The number of carbonyl (C=O) groups is 3. The number of rotatable bonds is 7. The number of likely N-dealkylation sites (N-methyl/N-ethyl adjacent to an activating group) is 1. The molecule has 0 spiro atoms. The number of Topliss-reactive ketones (excluding diaryl/α,β-unsaturated/α-hetero) is 1. The van der Waals surface area contributed by atoms with E-state index in [1.165, 1.54) is 4.90 Å². The first kappa shape index (κ1) is 19.8. The van der Waals surface area contributed by atoms with Gasteiger partial charge in [0.25, 0.3) is 5.91 Å².